The Labute approximate surface area is 135 Å². The number of likely N-dealkylation sites (N-methyl/N-ethyl adjacent to an activating group) is 1. The fourth-order valence-corrected chi connectivity index (χ4v) is 3.52. The van der Waals surface area contributed by atoms with Gasteiger partial charge in [0.2, 0.25) is 11.6 Å². The largest absolute Gasteiger partial charge is 0.379 e. The number of Topliss-reactive ketones (excluding diaryl/α,β-unsaturated/α-hetero) is 2. The number of hydrogen-bond acceptors (Lipinski definition) is 4. The van der Waals surface area contributed by atoms with Crippen molar-refractivity contribution < 1.29 is 9.59 Å². The van der Waals surface area contributed by atoms with Crippen molar-refractivity contribution in [2.45, 2.75) is 25.8 Å². The third-order valence-electron chi connectivity index (χ3n) is 4.48. The highest BCUT2D eigenvalue weighted by Gasteiger charge is 2.32. The summed E-state index contributed by atoms with van der Waals surface area (Å²) in [7, 11) is 0. The van der Waals surface area contributed by atoms with Crippen molar-refractivity contribution in [3.05, 3.63) is 46.1 Å². The molecular weight excluding hydrogens is 300 g/mol. The van der Waals surface area contributed by atoms with Crippen molar-refractivity contribution >= 4 is 23.2 Å². The predicted octanol–water partition coefficient (Wildman–Crippen LogP) is 2.59. The molecule has 1 N–H and O–H groups in total. The Morgan fingerprint density at radius 1 is 1.23 bits per heavy atom. The minimum atomic E-state index is -0.280. The molecule has 0 amide bonds. The Bertz CT molecular complexity index is 654. The maximum Gasteiger partial charge on any atom is 0.211 e. The number of carbonyl (C=O) groups is 2. The van der Waals surface area contributed by atoms with Gasteiger partial charge < -0.3 is 5.32 Å². The topological polar surface area (TPSA) is 49.4 Å². The van der Waals surface area contributed by atoms with E-state index in [1.807, 2.05) is 0 Å². The molecule has 1 aliphatic carbocycles. The second kappa shape index (κ2) is 6.23. The molecule has 1 heterocycles. The van der Waals surface area contributed by atoms with Gasteiger partial charge in [0.1, 0.15) is 10.7 Å². The average Bonchev–Trinajstić information content (AvgIpc) is 3.00. The first-order valence-electron chi connectivity index (χ1n) is 7.69. The van der Waals surface area contributed by atoms with Crippen molar-refractivity contribution in [1.82, 2.24) is 10.2 Å². The van der Waals surface area contributed by atoms with E-state index in [0.29, 0.717) is 23.7 Å². The lowest BCUT2D eigenvalue weighted by atomic mass is 9.92. The molecule has 4 nitrogen and oxygen atoms in total. The van der Waals surface area contributed by atoms with Gasteiger partial charge >= 0.3 is 0 Å². The van der Waals surface area contributed by atoms with E-state index in [9.17, 15) is 9.59 Å². The van der Waals surface area contributed by atoms with Gasteiger partial charge in [0.05, 0.1) is 0 Å². The molecule has 0 saturated carbocycles. The number of rotatable bonds is 4. The van der Waals surface area contributed by atoms with Gasteiger partial charge in [0, 0.05) is 23.7 Å². The van der Waals surface area contributed by atoms with Gasteiger partial charge in [-0.25, -0.2) is 0 Å². The summed E-state index contributed by atoms with van der Waals surface area (Å²) in [5.74, 6) is -0.473. The van der Waals surface area contributed by atoms with Gasteiger partial charge in [0.15, 0.2) is 0 Å². The molecule has 0 bridgehead atoms. The monoisotopic (exact) mass is 318 g/mol. The number of nitrogens with zero attached hydrogens (tertiary/aromatic N) is 1. The molecule has 1 aliphatic heterocycles. The molecule has 0 spiro atoms. The summed E-state index contributed by atoms with van der Waals surface area (Å²) in [5.41, 5.74) is 1.06. The van der Waals surface area contributed by atoms with E-state index < -0.39 is 0 Å². The van der Waals surface area contributed by atoms with Gasteiger partial charge in [-0.2, -0.15) is 0 Å². The maximum absolute atomic E-state index is 12.6. The quantitative estimate of drug-likeness (QED) is 0.927. The summed E-state index contributed by atoms with van der Waals surface area (Å²) < 4.78 is 0. The molecule has 22 heavy (non-hydrogen) atoms. The molecule has 1 aromatic rings. The van der Waals surface area contributed by atoms with Gasteiger partial charge in [-0.15, -0.1) is 0 Å². The third-order valence-corrected chi connectivity index (χ3v) is 4.84. The molecule has 3 rings (SSSR count). The number of carbonyl (C=O) groups excluding carboxylic acids is 2. The van der Waals surface area contributed by atoms with Crippen molar-refractivity contribution in [2.75, 3.05) is 19.6 Å². The number of fused-ring (bicyclic) bond motifs is 1. The van der Waals surface area contributed by atoms with Crippen LogP contribution in [0.5, 0.6) is 0 Å². The number of halogens is 1. The van der Waals surface area contributed by atoms with Gasteiger partial charge in [-0.1, -0.05) is 42.8 Å². The number of hydrogen-bond donors (Lipinski definition) is 1. The summed E-state index contributed by atoms with van der Waals surface area (Å²) in [6.07, 6.45) is 2.27. The van der Waals surface area contributed by atoms with Crippen molar-refractivity contribution in [3.8, 4) is 0 Å². The first-order chi connectivity index (χ1) is 10.6. The Hall–Kier alpha value is -1.65. The van der Waals surface area contributed by atoms with Crippen LogP contribution >= 0.6 is 11.6 Å². The van der Waals surface area contributed by atoms with Crippen LogP contribution in [0.15, 0.2) is 35.0 Å². The highest BCUT2D eigenvalue weighted by atomic mass is 35.5. The zero-order chi connectivity index (χ0) is 15.7. The van der Waals surface area contributed by atoms with E-state index in [-0.39, 0.29) is 22.3 Å². The Balaban J connectivity index is 1.80. The Morgan fingerprint density at radius 2 is 1.91 bits per heavy atom. The maximum atomic E-state index is 12.6. The Kier molecular flexibility index (Phi) is 4.32. The van der Waals surface area contributed by atoms with Crippen LogP contribution < -0.4 is 5.32 Å². The summed E-state index contributed by atoms with van der Waals surface area (Å²) in [4.78, 5) is 27.2. The lowest BCUT2D eigenvalue weighted by Gasteiger charge is -2.25. The van der Waals surface area contributed by atoms with E-state index in [4.69, 9.17) is 11.6 Å². The van der Waals surface area contributed by atoms with E-state index in [1.54, 1.807) is 24.3 Å². The van der Waals surface area contributed by atoms with Crippen molar-refractivity contribution in [2.24, 2.45) is 0 Å². The fraction of sp³-hybridized carbons (Fsp3) is 0.412. The van der Waals surface area contributed by atoms with Gasteiger partial charge in [0.25, 0.3) is 0 Å². The standard InChI is InChI=1S/C17H19ClN2O2/c1-2-20-9-5-6-11(20)10-19-15-14(18)16(21)12-7-3-4-8-13(12)17(15)22/h3-4,7-8,11,19H,2,5-6,9-10H2,1H3. The number of allylic oxidation sites excluding steroid dienone is 2. The minimum absolute atomic E-state index is 0.00439. The molecule has 1 aromatic carbocycles. The first-order valence-corrected chi connectivity index (χ1v) is 8.07. The highest BCUT2D eigenvalue weighted by molar-refractivity contribution is 6.49. The van der Waals surface area contributed by atoms with Crippen LogP contribution in [0.1, 0.15) is 40.5 Å². The highest BCUT2D eigenvalue weighted by Crippen LogP contribution is 2.27. The number of benzene rings is 1. The molecular formula is C17H19ClN2O2. The summed E-state index contributed by atoms with van der Waals surface area (Å²) >= 11 is 6.14. The lowest BCUT2D eigenvalue weighted by molar-refractivity contribution is 0.0973. The van der Waals surface area contributed by atoms with Crippen LogP contribution in [0, 0.1) is 0 Å². The first kappa shape index (κ1) is 15.3. The minimum Gasteiger partial charge on any atom is -0.379 e. The second-order valence-corrected chi connectivity index (χ2v) is 6.08. The zero-order valence-electron chi connectivity index (χ0n) is 12.6. The fourth-order valence-electron chi connectivity index (χ4n) is 3.27. The van der Waals surface area contributed by atoms with Crippen LogP contribution in [0.3, 0.4) is 0 Å². The smallest absolute Gasteiger partial charge is 0.211 e. The van der Waals surface area contributed by atoms with Crippen LogP contribution in [-0.2, 0) is 0 Å². The van der Waals surface area contributed by atoms with E-state index in [2.05, 4.69) is 17.1 Å². The van der Waals surface area contributed by atoms with Crippen LogP contribution in [0.25, 0.3) is 0 Å². The molecule has 5 heteroatoms. The number of nitrogens with one attached hydrogen (secondary N) is 1. The summed E-state index contributed by atoms with van der Waals surface area (Å²) in [5, 5.41) is 3.14. The van der Waals surface area contributed by atoms with Crippen LogP contribution in [0.4, 0.5) is 0 Å². The molecule has 116 valence electrons. The second-order valence-electron chi connectivity index (χ2n) is 5.70. The molecule has 1 fully saturated rings. The number of likely N-dealkylation sites (tertiary alicyclic amines) is 1. The molecule has 0 aromatic heterocycles. The molecule has 0 radical (unpaired) electrons. The van der Waals surface area contributed by atoms with E-state index in [1.165, 1.54) is 6.42 Å². The molecule has 2 aliphatic rings. The van der Waals surface area contributed by atoms with Gasteiger partial charge in [-0.3, -0.25) is 14.5 Å². The molecule has 1 saturated heterocycles. The number of ketones is 2. The third kappa shape index (κ3) is 2.57. The van der Waals surface area contributed by atoms with Gasteiger partial charge in [-0.05, 0) is 25.9 Å². The van der Waals surface area contributed by atoms with E-state index >= 15 is 0 Å². The van der Waals surface area contributed by atoms with Crippen LogP contribution in [-0.4, -0.2) is 42.1 Å². The van der Waals surface area contributed by atoms with Crippen molar-refractivity contribution in [3.63, 3.8) is 0 Å². The molecule has 1 unspecified atom stereocenters. The van der Waals surface area contributed by atoms with Crippen LogP contribution in [0.2, 0.25) is 0 Å². The normalized spacial score (nSPS) is 22.2. The molecule has 1 atom stereocenters. The average molecular weight is 319 g/mol. The summed E-state index contributed by atoms with van der Waals surface area (Å²) in [6.45, 7) is 4.86. The summed E-state index contributed by atoms with van der Waals surface area (Å²) in [6, 6.07) is 7.21. The van der Waals surface area contributed by atoms with Crippen molar-refractivity contribution in [1.29, 1.82) is 0 Å². The Morgan fingerprint density at radius 3 is 2.59 bits per heavy atom. The van der Waals surface area contributed by atoms with E-state index in [0.717, 1.165) is 19.5 Å². The lowest BCUT2D eigenvalue weighted by Crippen LogP contribution is -2.40. The predicted molar refractivity (Wildman–Crippen MR) is 86.3 cm³/mol. The SMILES string of the molecule is CCN1CCCC1CNC1=C(Cl)C(=O)c2ccccc2C1=O. The zero-order valence-corrected chi connectivity index (χ0v) is 13.3.